The van der Waals surface area contributed by atoms with E-state index in [0.717, 1.165) is 27.5 Å². The largest absolute Gasteiger partial charge is 0.455 e. The molecule has 3 heteroatoms. The third-order valence-corrected chi connectivity index (χ3v) is 4.93. The molecule has 0 atom stereocenters. The lowest BCUT2D eigenvalue weighted by atomic mass is 10.0. The summed E-state index contributed by atoms with van der Waals surface area (Å²) in [5.41, 5.74) is 3.48. The van der Waals surface area contributed by atoms with E-state index in [0.29, 0.717) is 0 Å². The van der Waals surface area contributed by atoms with E-state index in [1.807, 2.05) is 18.2 Å². The molecule has 0 fully saturated rings. The lowest BCUT2D eigenvalue weighted by molar-refractivity contribution is 0.599. The topological polar surface area (TPSA) is 13.1 Å². The van der Waals surface area contributed by atoms with Crippen LogP contribution in [0, 0.1) is 0 Å². The number of furan rings is 1. The molecule has 4 aromatic rings. The summed E-state index contributed by atoms with van der Waals surface area (Å²) in [6.45, 7) is 0. The predicted octanol–water partition coefficient (Wildman–Crippen LogP) is 6.40. The second-order valence-electron chi connectivity index (χ2n) is 4.71. The van der Waals surface area contributed by atoms with Crippen LogP contribution in [0.2, 0.25) is 0 Å². The fourth-order valence-corrected chi connectivity index (χ4v) is 3.70. The van der Waals surface area contributed by atoms with E-state index in [4.69, 9.17) is 4.42 Å². The van der Waals surface area contributed by atoms with Gasteiger partial charge in [0, 0.05) is 11.1 Å². The van der Waals surface area contributed by atoms with E-state index in [2.05, 4.69) is 52.5 Å². The average molecular weight is 308 g/mol. The molecular formula is C18H12OS2. The molecule has 0 saturated carbocycles. The maximum atomic E-state index is 6.18. The highest BCUT2D eigenvalue weighted by molar-refractivity contribution is 7.13. The van der Waals surface area contributed by atoms with E-state index in [1.54, 1.807) is 22.7 Å². The molecule has 0 saturated heterocycles. The van der Waals surface area contributed by atoms with Crippen LogP contribution in [-0.4, -0.2) is 0 Å². The Balaban J connectivity index is 1.92. The smallest absolute Gasteiger partial charge is 0.145 e. The normalized spacial score (nSPS) is 10.9. The summed E-state index contributed by atoms with van der Waals surface area (Å²) in [5.74, 6) is 1.88. The molecule has 21 heavy (non-hydrogen) atoms. The quantitative estimate of drug-likeness (QED) is 0.426. The summed E-state index contributed by atoms with van der Waals surface area (Å²) in [7, 11) is 0. The van der Waals surface area contributed by atoms with Gasteiger partial charge in [-0.05, 0) is 39.9 Å². The maximum absolute atomic E-state index is 6.18. The summed E-state index contributed by atoms with van der Waals surface area (Å²) in [6.07, 6.45) is 0. The summed E-state index contributed by atoms with van der Waals surface area (Å²) in [5, 5.41) is 6.34. The molecule has 0 unspecified atom stereocenters. The van der Waals surface area contributed by atoms with Crippen molar-refractivity contribution in [2.75, 3.05) is 0 Å². The fraction of sp³-hybridized carbons (Fsp3) is 0. The lowest BCUT2D eigenvalue weighted by Crippen LogP contribution is -1.76. The molecule has 0 amide bonds. The minimum absolute atomic E-state index is 0.935. The zero-order valence-electron chi connectivity index (χ0n) is 11.2. The highest BCUT2D eigenvalue weighted by Crippen LogP contribution is 2.40. The molecule has 4 rings (SSSR count). The molecule has 3 aromatic heterocycles. The van der Waals surface area contributed by atoms with Crippen molar-refractivity contribution < 1.29 is 4.42 Å². The van der Waals surface area contributed by atoms with Crippen molar-refractivity contribution in [2.45, 2.75) is 0 Å². The molecule has 0 bridgehead atoms. The Hall–Kier alpha value is -2.10. The molecule has 0 aliphatic rings. The fourth-order valence-electron chi connectivity index (χ4n) is 2.37. The molecule has 102 valence electrons. The van der Waals surface area contributed by atoms with Gasteiger partial charge in [0.05, 0.1) is 4.88 Å². The number of hydrogen-bond donors (Lipinski definition) is 0. The Labute approximate surface area is 131 Å². The Bertz CT molecular complexity index is 825. The third-order valence-electron chi connectivity index (χ3n) is 3.36. The lowest BCUT2D eigenvalue weighted by Gasteiger charge is -2.00. The molecule has 1 nitrogen and oxygen atoms in total. The van der Waals surface area contributed by atoms with E-state index in [9.17, 15) is 0 Å². The van der Waals surface area contributed by atoms with E-state index < -0.39 is 0 Å². The monoisotopic (exact) mass is 308 g/mol. The van der Waals surface area contributed by atoms with Crippen molar-refractivity contribution in [3.05, 3.63) is 70.7 Å². The number of hydrogen-bond acceptors (Lipinski definition) is 3. The Morgan fingerprint density at radius 2 is 1.71 bits per heavy atom. The first-order valence-corrected chi connectivity index (χ1v) is 8.50. The number of benzene rings is 1. The molecule has 0 N–H and O–H groups in total. The minimum atomic E-state index is 0.935. The Kier molecular flexibility index (Phi) is 3.22. The second kappa shape index (κ2) is 5.35. The zero-order chi connectivity index (χ0) is 14.1. The molecule has 1 aromatic carbocycles. The molecule has 0 aliphatic heterocycles. The van der Waals surface area contributed by atoms with Crippen LogP contribution in [0.1, 0.15) is 0 Å². The highest BCUT2D eigenvalue weighted by atomic mass is 32.1. The Morgan fingerprint density at radius 3 is 2.43 bits per heavy atom. The molecule has 3 heterocycles. The summed E-state index contributed by atoms with van der Waals surface area (Å²) in [6, 6.07) is 18.7. The van der Waals surface area contributed by atoms with Crippen molar-refractivity contribution in [3.63, 3.8) is 0 Å². The Morgan fingerprint density at radius 1 is 0.810 bits per heavy atom. The second-order valence-corrected chi connectivity index (χ2v) is 6.44. The predicted molar refractivity (Wildman–Crippen MR) is 90.8 cm³/mol. The van der Waals surface area contributed by atoms with Crippen molar-refractivity contribution in [2.24, 2.45) is 0 Å². The van der Waals surface area contributed by atoms with Gasteiger partial charge in [0.2, 0.25) is 0 Å². The highest BCUT2D eigenvalue weighted by Gasteiger charge is 2.16. The first-order valence-electron chi connectivity index (χ1n) is 6.67. The van der Waals surface area contributed by atoms with Gasteiger partial charge in [-0.25, -0.2) is 0 Å². The van der Waals surface area contributed by atoms with Gasteiger partial charge in [0.15, 0.2) is 0 Å². The summed E-state index contributed by atoms with van der Waals surface area (Å²) in [4.78, 5) is 1.16. The molecule has 0 radical (unpaired) electrons. The SMILES string of the molecule is c1ccc(-c2oc(-c3cccs3)cc2-c2ccsc2)cc1. The van der Waals surface area contributed by atoms with Gasteiger partial charge in [-0.3, -0.25) is 0 Å². The molecule has 0 aliphatic carbocycles. The van der Waals surface area contributed by atoms with Gasteiger partial charge in [0.1, 0.15) is 11.5 Å². The first kappa shape index (κ1) is 12.6. The zero-order valence-corrected chi connectivity index (χ0v) is 12.8. The van der Waals surface area contributed by atoms with E-state index >= 15 is 0 Å². The molecular weight excluding hydrogens is 296 g/mol. The van der Waals surface area contributed by atoms with Crippen molar-refractivity contribution in [3.8, 4) is 33.1 Å². The van der Waals surface area contributed by atoms with E-state index in [1.165, 1.54) is 5.56 Å². The van der Waals surface area contributed by atoms with E-state index in [-0.39, 0.29) is 0 Å². The van der Waals surface area contributed by atoms with Gasteiger partial charge in [-0.2, -0.15) is 11.3 Å². The first-order chi connectivity index (χ1) is 10.4. The van der Waals surface area contributed by atoms with Crippen LogP contribution in [0.25, 0.3) is 33.1 Å². The van der Waals surface area contributed by atoms with Gasteiger partial charge in [-0.1, -0.05) is 36.4 Å². The van der Waals surface area contributed by atoms with Gasteiger partial charge >= 0.3 is 0 Å². The maximum Gasteiger partial charge on any atom is 0.145 e. The minimum Gasteiger partial charge on any atom is -0.455 e. The van der Waals surface area contributed by atoms with Gasteiger partial charge in [-0.15, -0.1) is 11.3 Å². The summed E-state index contributed by atoms with van der Waals surface area (Å²) >= 11 is 3.41. The van der Waals surface area contributed by atoms with Crippen LogP contribution in [0.15, 0.2) is 75.2 Å². The average Bonchev–Trinajstić information content (AvgIpc) is 3.27. The van der Waals surface area contributed by atoms with Crippen LogP contribution in [-0.2, 0) is 0 Å². The standard InChI is InChI=1S/C18H12OS2/c1-2-5-13(6-3-1)18-15(14-8-10-20-12-14)11-16(19-18)17-7-4-9-21-17/h1-12H. The van der Waals surface area contributed by atoms with Crippen molar-refractivity contribution in [1.29, 1.82) is 0 Å². The number of thiophene rings is 2. The third kappa shape index (κ3) is 2.35. The van der Waals surface area contributed by atoms with Crippen LogP contribution < -0.4 is 0 Å². The number of rotatable bonds is 3. The summed E-state index contributed by atoms with van der Waals surface area (Å²) < 4.78 is 6.18. The van der Waals surface area contributed by atoms with Gasteiger partial charge in [0.25, 0.3) is 0 Å². The van der Waals surface area contributed by atoms with Crippen LogP contribution >= 0.6 is 22.7 Å². The van der Waals surface area contributed by atoms with Crippen molar-refractivity contribution in [1.82, 2.24) is 0 Å². The molecule has 0 spiro atoms. The van der Waals surface area contributed by atoms with Crippen LogP contribution in [0.4, 0.5) is 0 Å². The van der Waals surface area contributed by atoms with Gasteiger partial charge < -0.3 is 4.42 Å². The van der Waals surface area contributed by atoms with Crippen LogP contribution in [0.5, 0.6) is 0 Å². The van der Waals surface area contributed by atoms with Crippen LogP contribution in [0.3, 0.4) is 0 Å². The van der Waals surface area contributed by atoms with Crippen molar-refractivity contribution >= 4 is 22.7 Å².